The van der Waals surface area contributed by atoms with Gasteiger partial charge in [0.1, 0.15) is 5.75 Å². The van der Waals surface area contributed by atoms with Crippen molar-refractivity contribution in [1.29, 1.82) is 0 Å². The maximum atomic E-state index is 5.71. The predicted molar refractivity (Wildman–Crippen MR) is 96.0 cm³/mol. The van der Waals surface area contributed by atoms with Crippen LogP contribution in [0.3, 0.4) is 0 Å². The quantitative estimate of drug-likeness (QED) is 0.429. The number of benzene rings is 2. The van der Waals surface area contributed by atoms with Crippen molar-refractivity contribution in [3.8, 4) is 5.75 Å². The van der Waals surface area contributed by atoms with Crippen LogP contribution in [0.1, 0.15) is 37.3 Å². The van der Waals surface area contributed by atoms with Crippen molar-refractivity contribution >= 4 is 12.2 Å². The molecule has 0 saturated heterocycles. The minimum absolute atomic E-state index is 0.808. The third-order valence-corrected chi connectivity index (χ3v) is 3.38. The molecule has 114 valence electrons. The molecule has 0 amide bonds. The van der Waals surface area contributed by atoms with Crippen LogP contribution in [0.5, 0.6) is 5.75 Å². The lowest BCUT2D eigenvalue weighted by Crippen LogP contribution is -1.96. The van der Waals surface area contributed by atoms with Gasteiger partial charge in [-0.25, -0.2) is 0 Å². The smallest absolute Gasteiger partial charge is 0.119 e. The van der Waals surface area contributed by atoms with E-state index in [-0.39, 0.29) is 0 Å². The molecule has 0 atom stereocenters. The number of ether oxygens (including phenoxy) is 1. The first-order chi connectivity index (χ1) is 10.9. The average molecular weight is 292 g/mol. The highest BCUT2D eigenvalue weighted by atomic mass is 16.5. The second-order valence-corrected chi connectivity index (χ2v) is 5.25. The van der Waals surface area contributed by atoms with E-state index in [1.54, 1.807) is 0 Å². The molecule has 1 nitrogen and oxygen atoms in total. The van der Waals surface area contributed by atoms with Gasteiger partial charge in [0.05, 0.1) is 6.61 Å². The van der Waals surface area contributed by atoms with Gasteiger partial charge in [0.25, 0.3) is 0 Å². The van der Waals surface area contributed by atoms with Gasteiger partial charge in [-0.05, 0) is 29.7 Å². The van der Waals surface area contributed by atoms with Crippen LogP contribution < -0.4 is 4.74 Å². The van der Waals surface area contributed by atoms with E-state index in [0.29, 0.717) is 0 Å². The summed E-state index contributed by atoms with van der Waals surface area (Å²) < 4.78 is 5.71. The van der Waals surface area contributed by atoms with Crippen LogP contribution in [0.25, 0.3) is 12.2 Å². The number of hydrogen-bond donors (Lipinski definition) is 0. The van der Waals surface area contributed by atoms with Gasteiger partial charge in [-0.15, -0.1) is 0 Å². The molecule has 2 aromatic rings. The Balaban J connectivity index is 1.80. The number of unbranched alkanes of at least 4 members (excludes halogenated alkanes) is 2. The van der Waals surface area contributed by atoms with Crippen molar-refractivity contribution in [2.45, 2.75) is 26.2 Å². The Kier molecular flexibility index (Phi) is 7.04. The van der Waals surface area contributed by atoms with Crippen molar-refractivity contribution in [3.63, 3.8) is 0 Å². The SMILES string of the molecule is CCCCCOc1ccc(/C=C\C=C\c2ccccc2)cc1. The minimum Gasteiger partial charge on any atom is -0.494 e. The van der Waals surface area contributed by atoms with Gasteiger partial charge < -0.3 is 4.74 Å². The van der Waals surface area contributed by atoms with Gasteiger partial charge in [0.15, 0.2) is 0 Å². The van der Waals surface area contributed by atoms with Crippen LogP contribution in [-0.2, 0) is 0 Å². The number of allylic oxidation sites excluding steroid dienone is 2. The first-order valence-corrected chi connectivity index (χ1v) is 8.01. The number of rotatable bonds is 8. The molecule has 2 aromatic carbocycles. The molecule has 0 heterocycles. The van der Waals surface area contributed by atoms with E-state index in [4.69, 9.17) is 4.74 Å². The lowest BCUT2D eigenvalue weighted by Gasteiger charge is -2.05. The van der Waals surface area contributed by atoms with Gasteiger partial charge in [0.2, 0.25) is 0 Å². The Bertz CT molecular complexity index is 579. The highest BCUT2D eigenvalue weighted by molar-refractivity contribution is 5.57. The Hall–Kier alpha value is -2.28. The Labute approximate surface area is 134 Å². The fourth-order valence-corrected chi connectivity index (χ4v) is 2.11. The fourth-order valence-electron chi connectivity index (χ4n) is 2.11. The molecule has 0 unspecified atom stereocenters. The van der Waals surface area contributed by atoms with E-state index in [1.807, 2.05) is 30.3 Å². The van der Waals surface area contributed by atoms with Crippen molar-refractivity contribution in [2.75, 3.05) is 6.61 Å². The standard InChI is InChI=1S/C21H24O/c1-2-3-9-18-22-21-16-14-20(15-17-21)13-8-7-12-19-10-5-4-6-11-19/h4-8,10-17H,2-3,9,18H2,1H3/b12-7+,13-8-. The van der Waals surface area contributed by atoms with E-state index in [1.165, 1.54) is 24.0 Å². The fraction of sp³-hybridized carbons (Fsp3) is 0.238. The molecule has 0 aromatic heterocycles. The summed E-state index contributed by atoms with van der Waals surface area (Å²) in [5.41, 5.74) is 2.39. The van der Waals surface area contributed by atoms with Crippen LogP contribution in [0.4, 0.5) is 0 Å². The predicted octanol–water partition coefficient (Wildman–Crippen LogP) is 5.98. The maximum absolute atomic E-state index is 5.71. The van der Waals surface area contributed by atoms with Gasteiger partial charge in [-0.3, -0.25) is 0 Å². The average Bonchev–Trinajstić information content (AvgIpc) is 2.58. The Morgan fingerprint density at radius 1 is 0.773 bits per heavy atom. The summed E-state index contributed by atoms with van der Waals surface area (Å²) in [6.45, 7) is 3.01. The van der Waals surface area contributed by atoms with Crippen molar-refractivity contribution in [2.24, 2.45) is 0 Å². The Morgan fingerprint density at radius 2 is 1.41 bits per heavy atom. The molecular formula is C21H24O. The molecule has 0 bridgehead atoms. The molecule has 0 fully saturated rings. The molecule has 1 heteroatoms. The molecular weight excluding hydrogens is 268 g/mol. The van der Waals surface area contributed by atoms with Crippen molar-refractivity contribution in [3.05, 3.63) is 77.9 Å². The lowest BCUT2D eigenvalue weighted by molar-refractivity contribution is 0.306. The zero-order valence-electron chi connectivity index (χ0n) is 13.2. The van der Waals surface area contributed by atoms with Gasteiger partial charge in [-0.2, -0.15) is 0 Å². The summed E-state index contributed by atoms with van der Waals surface area (Å²) in [5, 5.41) is 0. The highest BCUT2D eigenvalue weighted by Crippen LogP contribution is 2.14. The van der Waals surface area contributed by atoms with Crippen LogP contribution in [0, 0.1) is 0 Å². The number of hydrogen-bond acceptors (Lipinski definition) is 1. The zero-order valence-corrected chi connectivity index (χ0v) is 13.2. The summed E-state index contributed by atoms with van der Waals surface area (Å²) >= 11 is 0. The summed E-state index contributed by atoms with van der Waals surface area (Å²) in [4.78, 5) is 0. The molecule has 2 rings (SSSR count). The van der Waals surface area contributed by atoms with Crippen LogP contribution in [0.15, 0.2) is 66.7 Å². The minimum atomic E-state index is 0.808. The van der Waals surface area contributed by atoms with Crippen molar-refractivity contribution < 1.29 is 4.74 Å². The molecule has 0 spiro atoms. The largest absolute Gasteiger partial charge is 0.494 e. The Morgan fingerprint density at radius 3 is 2.05 bits per heavy atom. The molecule has 0 radical (unpaired) electrons. The molecule has 0 aliphatic carbocycles. The summed E-state index contributed by atoms with van der Waals surface area (Å²) in [7, 11) is 0. The molecule has 0 N–H and O–H groups in total. The van der Waals surface area contributed by atoms with Gasteiger partial charge in [-0.1, -0.05) is 86.5 Å². The van der Waals surface area contributed by atoms with Crippen molar-refractivity contribution in [1.82, 2.24) is 0 Å². The van der Waals surface area contributed by atoms with E-state index < -0.39 is 0 Å². The third-order valence-electron chi connectivity index (χ3n) is 3.38. The second kappa shape index (κ2) is 9.62. The van der Waals surface area contributed by atoms with Crippen LogP contribution in [-0.4, -0.2) is 6.61 Å². The third kappa shape index (κ3) is 6.01. The van der Waals surface area contributed by atoms with Crippen LogP contribution >= 0.6 is 0 Å². The monoisotopic (exact) mass is 292 g/mol. The second-order valence-electron chi connectivity index (χ2n) is 5.25. The summed E-state index contributed by atoms with van der Waals surface area (Å²) in [6, 6.07) is 18.5. The molecule has 0 aliphatic rings. The van der Waals surface area contributed by atoms with E-state index in [2.05, 4.69) is 55.5 Å². The first kappa shape index (κ1) is 16.1. The normalized spacial score (nSPS) is 11.3. The maximum Gasteiger partial charge on any atom is 0.119 e. The van der Waals surface area contributed by atoms with Crippen LogP contribution in [0.2, 0.25) is 0 Å². The summed E-state index contributed by atoms with van der Waals surface area (Å²) in [5.74, 6) is 0.952. The van der Waals surface area contributed by atoms with E-state index >= 15 is 0 Å². The van der Waals surface area contributed by atoms with E-state index in [0.717, 1.165) is 18.8 Å². The van der Waals surface area contributed by atoms with Gasteiger partial charge >= 0.3 is 0 Å². The zero-order chi connectivity index (χ0) is 15.5. The van der Waals surface area contributed by atoms with E-state index in [9.17, 15) is 0 Å². The topological polar surface area (TPSA) is 9.23 Å². The molecule has 0 saturated carbocycles. The lowest BCUT2D eigenvalue weighted by atomic mass is 10.2. The first-order valence-electron chi connectivity index (χ1n) is 8.01. The van der Waals surface area contributed by atoms with Gasteiger partial charge in [0, 0.05) is 0 Å². The molecule has 0 aliphatic heterocycles. The summed E-state index contributed by atoms with van der Waals surface area (Å²) in [6.07, 6.45) is 11.9. The molecule has 22 heavy (non-hydrogen) atoms. The highest BCUT2D eigenvalue weighted by Gasteiger charge is 1.93.